The van der Waals surface area contributed by atoms with Gasteiger partial charge in [0.05, 0.1) is 11.5 Å². The Bertz CT molecular complexity index is 432. The Balaban J connectivity index is 2.95. The number of aromatic nitrogens is 1. The van der Waals surface area contributed by atoms with E-state index in [-0.39, 0.29) is 11.5 Å². The summed E-state index contributed by atoms with van der Waals surface area (Å²) in [6, 6.07) is 3.04. The predicted molar refractivity (Wildman–Crippen MR) is 57.6 cm³/mol. The van der Waals surface area contributed by atoms with Crippen LogP contribution in [-0.4, -0.2) is 16.5 Å². The Morgan fingerprint density at radius 1 is 1.60 bits per heavy atom. The summed E-state index contributed by atoms with van der Waals surface area (Å²) in [6.45, 7) is 3.84. The summed E-state index contributed by atoms with van der Waals surface area (Å²) in [6.07, 6.45) is 0. The number of rotatable bonds is 3. The van der Waals surface area contributed by atoms with Crippen molar-refractivity contribution in [1.29, 1.82) is 0 Å². The van der Waals surface area contributed by atoms with E-state index in [1.165, 1.54) is 6.07 Å². The fourth-order valence-electron chi connectivity index (χ4n) is 1.04. The second-order valence-electron chi connectivity index (χ2n) is 2.86. The van der Waals surface area contributed by atoms with Crippen molar-refractivity contribution in [3.63, 3.8) is 0 Å². The maximum absolute atomic E-state index is 10.7. The molecule has 0 atom stereocenters. The molecule has 5 heteroatoms. The number of nitrogens with zero attached hydrogens (tertiary/aromatic N) is 2. The molecule has 1 aromatic rings. The lowest BCUT2D eigenvalue weighted by Crippen LogP contribution is -2.05. The number of nitro groups is 1. The maximum Gasteiger partial charge on any atom is 0.311 e. The standard InChI is InChI=1S/C10H11N3O2/c1-3-4-7-11-10-9(13(14)15)6-5-8(2)12-10/h5-6H,7H2,1-2H3,(H,11,12). The molecule has 0 aromatic carbocycles. The van der Waals surface area contributed by atoms with Crippen LogP contribution in [0.2, 0.25) is 0 Å². The molecule has 0 saturated carbocycles. The van der Waals surface area contributed by atoms with Crippen LogP contribution in [0, 0.1) is 28.9 Å². The smallest absolute Gasteiger partial charge is 0.311 e. The van der Waals surface area contributed by atoms with Crippen molar-refractivity contribution in [1.82, 2.24) is 4.98 Å². The molecule has 0 radical (unpaired) electrons. The number of anilines is 1. The zero-order valence-electron chi connectivity index (χ0n) is 8.57. The van der Waals surface area contributed by atoms with Crippen LogP contribution in [0.3, 0.4) is 0 Å². The molecule has 5 nitrogen and oxygen atoms in total. The zero-order chi connectivity index (χ0) is 11.3. The molecule has 15 heavy (non-hydrogen) atoms. The third-order valence-electron chi connectivity index (χ3n) is 1.73. The van der Waals surface area contributed by atoms with E-state index >= 15 is 0 Å². The van der Waals surface area contributed by atoms with Crippen molar-refractivity contribution >= 4 is 11.5 Å². The fourth-order valence-corrected chi connectivity index (χ4v) is 1.04. The van der Waals surface area contributed by atoms with Gasteiger partial charge in [0.2, 0.25) is 5.82 Å². The second kappa shape index (κ2) is 4.96. The first-order valence-corrected chi connectivity index (χ1v) is 4.40. The molecule has 0 aliphatic rings. The van der Waals surface area contributed by atoms with Crippen LogP contribution >= 0.6 is 0 Å². The molecule has 1 rings (SSSR count). The maximum atomic E-state index is 10.7. The lowest BCUT2D eigenvalue weighted by molar-refractivity contribution is -0.384. The SMILES string of the molecule is CC#CCNc1nc(C)ccc1[N+](=O)[O-]. The van der Waals surface area contributed by atoms with Crippen LogP contribution < -0.4 is 5.32 Å². The van der Waals surface area contributed by atoms with Crippen molar-refractivity contribution in [2.45, 2.75) is 13.8 Å². The van der Waals surface area contributed by atoms with E-state index in [1.54, 1.807) is 19.9 Å². The molecule has 0 saturated heterocycles. The Morgan fingerprint density at radius 2 is 2.33 bits per heavy atom. The Hall–Kier alpha value is -2.09. The summed E-state index contributed by atoms with van der Waals surface area (Å²) in [5.74, 6) is 5.72. The summed E-state index contributed by atoms with van der Waals surface area (Å²) >= 11 is 0. The average molecular weight is 205 g/mol. The van der Waals surface area contributed by atoms with Crippen LogP contribution in [0.5, 0.6) is 0 Å². The molecular formula is C10H11N3O2. The summed E-state index contributed by atoms with van der Waals surface area (Å²) in [5.41, 5.74) is 0.700. The lowest BCUT2D eigenvalue weighted by Gasteiger charge is -2.03. The molecule has 0 amide bonds. The normalized spacial score (nSPS) is 8.93. The molecule has 0 fully saturated rings. The quantitative estimate of drug-likeness (QED) is 0.463. The van der Waals surface area contributed by atoms with E-state index in [1.807, 2.05) is 0 Å². The average Bonchev–Trinajstić information content (AvgIpc) is 2.18. The number of aryl methyl sites for hydroxylation is 1. The fraction of sp³-hybridized carbons (Fsp3) is 0.300. The van der Waals surface area contributed by atoms with Gasteiger partial charge in [-0.25, -0.2) is 4.98 Å². The first-order valence-electron chi connectivity index (χ1n) is 4.40. The molecule has 0 spiro atoms. The van der Waals surface area contributed by atoms with E-state index in [9.17, 15) is 10.1 Å². The molecule has 0 aliphatic carbocycles. The number of hydrogen-bond donors (Lipinski definition) is 1. The highest BCUT2D eigenvalue weighted by atomic mass is 16.6. The molecule has 0 aliphatic heterocycles. The number of nitrogens with one attached hydrogen (secondary N) is 1. The Morgan fingerprint density at radius 3 is 2.93 bits per heavy atom. The highest BCUT2D eigenvalue weighted by Crippen LogP contribution is 2.21. The minimum atomic E-state index is -0.464. The minimum absolute atomic E-state index is 0.0292. The van der Waals surface area contributed by atoms with Gasteiger partial charge in [0.25, 0.3) is 0 Å². The van der Waals surface area contributed by atoms with Crippen LogP contribution in [0.15, 0.2) is 12.1 Å². The largest absolute Gasteiger partial charge is 0.353 e. The van der Waals surface area contributed by atoms with E-state index in [0.717, 1.165) is 5.69 Å². The van der Waals surface area contributed by atoms with Gasteiger partial charge in [-0.3, -0.25) is 10.1 Å². The van der Waals surface area contributed by atoms with Crippen molar-refractivity contribution < 1.29 is 4.92 Å². The van der Waals surface area contributed by atoms with Crippen LogP contribution in [0.1, 0.15) is 12.6 Å². The van der Waals surface area contributed by atoms with Crippen molar-refractivity contribution in [3.05, 3.63) is 27.9 Å². The van der Waals surface area contributed by atoms with E-state index < -0.39 is 4.92 Å². The van der Waals surface area contributed by atoms with Gasteiger partial charge in [0.15, 0.2) is 0 Å². The molecule has 1 N–H and O–H groups in total. The van der Waals surface area contributed by atoms with Gasteiger partial charge in [0.1, 0.15) is 0 Å². The highest BCUT2D eigenvalue weighted by molar-refractivity contribution is 5.56. The van der Waals surface area contributed by atoms with Gasteiger partial charge >= 0.3 is 5.69 Å². The third kappa shape index (κ3) is 2.95. The second-order valence-corrected chi connectivity index (χ2v) is 2.86. The van der Waals surface area contributed by atoms with Gasteiger partial charge in [-0.15, -0.1) is 5.92 Å². The summed E-state index contributed by atoms with van der Waals surface area (Å²) in [7, 11) is 0. The van der Waals surface area contributed by atoms with Crippen LogP contribution in [0.25, 0.3) is 0 Å². The topological polar surface area (TPSA) is 68.1 Å². The molecular weight excluding hydrogens is 194 g/mol. The van der Waals surface area contributed by atoms with Crippen LogP contribution in [0.4, 0.5) is 11.5 Å². The van der Waals surface area contributed by atoms with Gasteiger partial charge in [-0.1, -0.05) is 5.92 Å². The van der Waals surface area contributed by atoms with Gasteiger partial charge in [-0.2, -0.15) is 0 Å². The molecule has 0 unspecified atom stereocenters. The van der Waals surface area contributed by atoms with Crippen LogP contribution in [-0.2, 0) is 0 Å². The summed E-state index contributed by atoms with van der Waals surface area (Å²) in [5, 5.41) is 13.5. The van der Waals surface area contributed by atoms with E-state index in [2.05, 4.69) is 22.1 Å². The zero-order valence-corrected chi connectivity index (χ0v) is 8.57. The monoisotopic (exact) mass is 205 g/mol. The first kappa shape index (κ1) is 11.0. The van der Waals surface area contributed by atoms with Gasteiger partial charge in [0, 0.05) is 11.8 Å². The Labute approximate surface area is 87.7 Å². The summed E-state index contributed by atoms with van der Waals surface area (Å²) < 4.78 is 0. The molecule has 1 aromatic heterocycles. The minimum Gasteiger partial charge on any atom is -0.353 e. The molecule has 0 bridgehead atoms. The highest BCUT2D eigenvalue weighted by Gasteiger charge is 2.13. The molecule has 78 valence electrons. The van der Waals surface area contributed by atoms with Gasteiger partial charge in [-0.05, 0) is 19.9 Å². The molecule has 1 heterocycles. The van der Waals surface area contributed by atoms with Gasteiger partial charge < -0.3 is 5.32 Å². The first-order chi connectivity index (χ1) is 7.15. The van der Waals surface area contributed by atoms with E-state index in [0.29, 0.717) is 6.54 Å². The third-order valence-corrected chi connectivity index (χ3v) is 1.73. The lowest BCUT2D eigenvalue weighted by atomic mass is 10.3. The predicted octanol–water partition coefficient (Wildman–Crippen LogP) is 1.73. The number of hydrogen-bond acceptors (Lipinski definition) is 4. The van der Waals surface area contributed by atoms with Crippen molar-refractivity contribution in [2.24, 2.45) is 0 Å². The Kier molecular flexibility index (Phi) is 3.63. The van der Waals surface area contributed by atoms with E-state index in [4.69, 9.17) is 0 Å². The van der Waals surface area contributed by atoms with Crippen molar-refractivity contribution in [3.8, 4) is 11.8 Å². The number of pyridine rings is 1. The summed E-state index contributed by atoms with van der Waals surface area (Å²) in [4.78, 5) is 14.2. The van der Waals surface area contributed by atoms with Crippen molar-refractivity contribution in [2.75, 3.05) is 11.9 Å².